The van der Waals surface area contributed by atoms with Gasteiger partial charge in [-0.3, -0.25) is 0 Å². The number of hydrogen-bond donors (Lipinski definition) is 1. The van der Waals surface area contributed by atoms with Crippen LogP contribution in [0.2, 0.25) is 0 Å². The monoisotopic (exact) mass is 376 g/mol. The van der Waals surface area contributed by atoms with Gasteiger partial charge in [0.2, 0.25) is 0 Å². The van der Waals surface area contributed by atoms with Gasteiger partial charge in [0.1, 0.15) is 5.82 Å². The summed E-state index contributed by atoms with van der Waals surface area (Å²) in [5.74, 6) is 0.890. The number of anilines is 2. The van der Waals surface area contributed by atoms with Crippen molar-refractivity contribution in [2.24, 2.45) is 7.05 Å². The van der Waals surface area contributed by atoms with Crippen molar-refractivity contribution in [2.45, 2.75) is 27.7 Å². The van der Waals surface area contributed by atoms with E-state index in [9.17, 15) is 0 Å². The molecule has 0 amide bonds. The van der Waals surface area contributed by atoms with E-state index < -0.39 is 0 Å². The van der Waals surface area contributed by atoms with Crippen LogP contribution in [0.4, 0.5) is 11.4 Å². The predicted molar refractivity (Wildman–Crippen MR) is 117 cm³/mol. The third-order valence-electron chi connectivity index (χ3n) is 5.32. The zero-order valence-electron chi connectivity index (χ0n) is 16.4. The Kier molecular flexibility index (Phi) is 4.27. The van der Waals surface area contributed by atoms with Crippen molar-refractivity contribution in [1.29, 1.82) is 0 Å². The molecule has 0 spiro atoms. The molecule has 27 heavy (non-hydrogen) atoms. The Bertz CT molecular complexity index is 1100. The molecule has 0 saturated carbocycles. The van der Waals surface area contributed by atoms with Crippen LogP contribution < -0.4 is 10.6 Å². The molecule has 1 aliphatic heterocycles. The van der Waals surface area contributed by atoms with Crippen LogP contribution in [0.1, 0.15) is 27.7 Å². The topological polar surface area (TPSA) is 47.1 Å². The van der Waals surface area contributed by atoms with E-state index in [1.165, 1.54) is 21.2 Å². The molecule has 5 heteroatoms. The minimum absolute atomic E-state index is 0.736. The Balaban J connectivity index is 1.81. The summed E-state index contributed by atoms with van der Waals surface area (Å²) >= 11 is 1.84. The van der Waals surface area contributed by atoms with Gasteiger partial charge in [-0.05, 0) is 58.0 Å². The molecule has 2 heterocycles. The van der Waals surface area contributed by atoms with Gasteiger partial charge in [-0.1, -0.05) is 23.9 Å². The fourth-order valence-corrected chi connectivity index (χ4v) is 4.55. The lowest BCUT2D eigenvalue weighted by Gasteiger charge is -2.33. The fraction of sp³-hybridized carbons (Fsp3) is 0.227. The Hall–Kier alpha value is -2.66. The van der Waals surface area contributed by atoms with Crippen LogP contribution in [0.3, 0.4) is 0 Å². The van der Waals surface area contributed by atoms with E-state index in [1.54, 1.807) is 0 Å². The lowest BCUT2D eigenvalue weighted by Crippen LogP contribution is -2.23. The highest BCUT2D eigenvalue weighted by Gasteiger charge is 2.22. The first-order chi connectivity index (χ1) is 12.9. The highest BCUT2D eigenvalue weighted by Crippen LogP contribution is 2.41. The van der Waals surface area contributed by atoms with Gasteiger partial charge >= 0.3 is 0 Å². The first-order valence-electron chi connectivity index (χ1n) is 9.02. The van der Waals surface area contributed by atoms with E-state index in [4.69, 9.17) is 10.7 Å². The molecular weight excluding hydrogens is 352 g/mol. The van der Waals surface area contributed by atoms with E-state index in [1.807, 2.05) is 37.0 Å². The van der Waals surface area contributed by atoms with Crippen molar-refractivity contribution in [3.8, 4) is 11.4 Å². The first kappa shape index (κ1) is 17.7. The Morgan fingerprint density at radius 2 is 1.59 bits per heavy atom. The number of para-hydroxylation sites is 2. The zero-order valence-corrected chi connectivity index (χ0v) is 17.2. The minimum Gasteiger partial charge on any atom is -0.398 e. The Morgan fingerprint density at radius 3 is 2.22 bits per heavy atom. The summed E-state index contributed by atoms with van der Waals surface area (Å²) in [6, 6.07) is 14.4. The van der Waals surface area contributed by atoms with Gasteiger partial charge in [0.05, 0.1) is 11.0 Å². The maximum absolute atomic E-state index is 6.49. The summed E-state index contributed by atoms with van der Waals surface area (Å²) in [5.41, 5.74) is 13.9. The van der Waals surface area contributed by atoms with Gasteiger partial charge in [0.25, 0.3) is 0 Å². The number of benzene rings is 2. The molecule has 0 atom stereocenters. The summed E-state index contributed by atoms with van der Waals surface area (Å²) in [5, 5.41) is 0. The number of aryl methyl sites for hydroxylation is 1. The molecule has 2 aromatic carbocycles. The lowest BCUT2D eigenvalue weighted by molar-refractivity contribution is 0.959. The van der Waals surface area contributed by atoms with Crippen LogP contribution in [0.5, 0.6) is 0 Å². The van der Waals surface area contributed by atoms with Gasteiger partial charge in [-0.2, -0.15) is 0 Å². The smallest absolute Gasteiger partial charge is 0.142 e. The van der Waals surface area contributed by atoms with Gasteiger partial charge in [0.15, 0.2) is 0 Å². The van der Waals surface area contributed by atoms with Crippen molar-refractivity contribution >= 4 is 34.2 Å². The number of nitrogen functional groups attached to an aromatic ring is 1. The fourth-order valence-electron chi connectivity index (χ4n) is 3.61. The number of fused-ring (bicyclic) bond motifs is 1. The standard InChI is InChI=1S/C22H24N4S/c1-13-15(3)27-16(4)14(2)26(13)17-10-11-18(19(23)12-17)22-24-20-8-6-7-9-21(20)25(22)5/h6-12H,23H2,1-5H3. The molecule has 0 fully saturated rings. The van der Waals surface area contributed by atoms with E-state index in [-0.39, 0.29) is 0 Å². The number of nitrogens with zero attached hydrogens (tertiary/aromatic N) is 3. The van der Waals surface area contributed by atoms with Crippen LogP contribution in [-0.2, 0) is 7.05 Å². The largest absolute Gasteiger partial charge is 0.398 e. The zero-order chi connectivity index (χ0) is 19.3. The molecule has 4 nitrogen and oxygen atoms in total. The van der Waals surface area contributed by atoms with Crippen molar-refractivity contribution in [3.05, 3.63) is 63.7 Å². The highest BCUT2D eigenvalue weighted by atomic mass is 32.2. The molecule has 0 radical (unpaired) electrons. The van der Waals surface area contributed by atoms with Crippen molar-refractivity contribution in [3.63, 3.8) is 0 Å². The summed E-state index contributed by atoms with van der Waals surface area (Å²) in [6.07, 6.45) is 0. The Labute approximate surface area is 164 Å². The maximum Gasteiger partial charge on any atom is 0.142 e. The third kappa shape index (κ3) is 2.82. The number of nitrogens with two attached hydrogens (primary N) is 1. The third-order valence-corrected chi connectivity index (χ3v) is 6.52. The maximum atomic E-state index is 6.49. The summed E-state index contributed by atoms with van der Waals surface area (Å²) in [4.78, 5) is 9.71. The molecule has 3 aromatic rings. The van der Waals surface area contributed by atoms with E-state index in [0.717, 1.165) is 33.8 Å². The molecule has 1 aromatic heterocycles. The molecule has 0 bridgehead atoms. The first-order valence-corrected chi connectivity index (χ1v) is 9.84. The second-order valence-corrected chi connectivity index (χ2v) is 8.40. The lowest BCUT2D eigenvalue weighted by atomic mass is 10.1. The normalized spacial score (nSPS) is 15.2. The minimum atomic E-state index is 0.736. The van der Waals surface area contributed by atoms with Gasteiger partial charge in [-0.15, -0.1) is 0 Å². The number of allylic oxidation sites excluding steroid dienone is 4. The average Bonchev–Trinajstić information content (AvgIpc) is 2.97. The number of thioether (sulfide) groups is 1. The predicted octanol–water partition coefficient (Wildman–Crippen LogP) is 5.88. The summed E-state index contributed by atoms with van der Waals surface area (Å²) in [7, 11) is 2.03. The van der Waals surface area contributed by atoms with Crippen LogP contribution in [0.15, 0.2) is 63.7 Å². The number of imidazole rings is 1. The quantitative estimate of drug-likeness (QED) is 0.568. The second-order valence-electron chi connectivity index (χ2n) is 6.98. The number of rotatable bonds is 2. The van der Waals surface area contributed by atoms with Gasteiger partial charge in [0, 0.05) is 45.2 Å². The molecule has 0 aliphatic carbocycles. The molecule has 1 aliphatic rings. The van der Waals surface area contributed by atoms with Crippen LogP contribution in [0, 0.1) is 0 Å². The van der Waals surface area contributed by atoms with Crippen molar-refractivity contribution in [1.82, 2.24) is 9.55 Å². The van der Waals surface area contributed by atoms with E-state index in [0.29, 0.717) is 0 Å². The second kappa shape index (κ2) is 6.50. The molecule has 138 valence electrons. The van der Waals surface area contributed by atoms with Crippen LogP contribution in [-0.4, -0.2) is 9.55 Å². The van der Waals surface area contributed by atoms with Crippen molar-refractivity contribution in [2.75, 3.05) is 10.6 Å². The van der Waals surface area contributed by atoms with Gasteiger partial charge in [-0.25, -0.2) is 4.98 Å². The van der Waals surface area contributed by atoms with Gasteiger partial charge < -0.3 is 15.2 Å². The van der Waals surface area contributed by atoms with E-state index >= 15 is 0 Å². The summed E-state index contributed by atoms with van der Waals surface area (Å²) in [6.45, 7) is 8.65. The van der Waals surface area contributed by atoms with Crippen LogP contribution >= 0.6 is 11.8 Å². The molecular formula is C22H24N4S. The Morgan fingerprint density at radius 1 is 0.926 bits per heavy atom. The molecule has 0 saturated heterocycles. The molecule has 4 rings (SSSR count). The van der Waals surface area contributed by atoms with Crippen LogP contribution in [0.25, 0.3) is 22.4 Å². The average molecular weight is 377 g/mol. The molecule has 2 N–H and O–H groups in total. The molecule has 0 unspecified atom stereocenters. The summed E-state index contributed by atoms with van der Waals surface area (Å²) < 4.78 is 2.10. The van der Waals surface area contributed by atoms with Crippen molar-refractivity contribution < 1.29 is 0 Å². The number of aromatic nitrogens is 2. The van der Waals surface area contributed by atoms with E-state index in [2.05, 4.69) is 61.4 Å². The SMILES string of the molecule is CC1=C(C)N(c2ccc(-c3nc4ccccc4n3C)c(N)c2)C(C)=C(C)S1. The number of hydrogen-bond acceptors (Lipinski definition) is 4. The highest BCUT2D eigenvalue weighted by molar-refractivity contribution is 8.06.